The number of carbonyl (C=O) groups excluding carboxylic acids is 2. The molecule has 0 atom stereocenters. The van der Waals surface area contributed by atoms with Crippen LogP contribution in [0.3, 0.4) is 0 Å². The zero-order chi connectivity index (χ0) is 22.9. The van der Waals surface area contributed by atoms with Crippen molar-refractivity contribution in [1.82, 2.24) is 0 Å². The Bertz CT molecular complexity index is 965. The molecule has 0 N–H and O–H groups in total. The molecule has 2 rings (SSSR count). The van der Waals surface area contributed by atoms with Gasteiger partial charge in [0.05, 0.1) is 12.5 Å². The molecule has 0 saturated heterocycles. The molecule has 0 radical (unpaired) electrons. The number of halogens is 4. The molecule has 162 valence electrons. The summed E-state index contributed by atoms with van der Waals surface area (Å²) in [5, 5.41) is 8.75. The van der Waals surface area contributed by atoms with E-state index in [1.807, 2.05) is 6.07 Å². The fourth-order valence-electron chi connectivity index (χ4n) is 2.38. The van der Waals surface area contributed by atoms with E-state index in [0.717, 1.165) is 30.3 Å². The molecule has 0 bridgehead atoms. The van der Waals surface area contributed by atoms with Gasteiger partial charge in [-0.2, -0.15) is 5.26 Å². The maximum Gasteiger partial charge on any atom is 0.573 e. The molecule has 0 saturated carbocycles. The molecule has 6 nitrogen and oxygen atoms in total. The van der Waals surface area contributed by atoms with Crippen LogP contribution in [-0.2, 0) is 14.3 Å². The number of rotatable bonds is 8. The van der Waals surface area contributed by atoms with Gasteiger partial charge < -0.3 is 14.4 Å². The fraction of sp³-hybridized carbons (Fsp3) is 0.190. The summed E-state index contributed by atoms with van der Waals surface area (Å²) in [6.07, 6.45) is -2.49. The molecule has 0 aliphatic carbocycles. The first kappa shape index (κ1) is 23.4. The largest absolute Gasteiger partial charge is 0.573 e. The van der Waals surface area contributed by atoms with Crippen molar-refractivity contribution in [2.75, 3.05) is 18.1 Å². The average Bonchev–Trinajstić information content (AvgIpc) is 2.72. The highest BCUT2D eigenvalue weighted by Crippen LogP contribution is 2.23. The third kappa shape index (κ3) is 8.18. The van der Waals surface area contributed by atoms with Gasteiger partial charge >= 0.3 is 12.3 Å². The minimum atomic E-state index is -4.80. The van der Waals surface area contributed by atoms with Crippen molar-refractivity contribution >= 4 is 23.6 Å². The van der Waals surface area contributed by atoms with Crippen LogP contribution in [0.1, 0.15) is 12.0 Å². The fourth-order valence-corrected chi connectivity index (χ4v) is 2.38. The Morgan fingerprint density at radius 3 is 2.29 bits per heavy atom. The van der Waals surface area contributed by atoms with Gasteiger partial charge in [0.25, 0.3) is 5.91 Å². The summed E-state index contributed by atoms with van der Waals surface area (Å²) in [7, 11) is 0. The second-order valence-electron chi connectivity index (χ2n) is 5.99. The predicted octanol–water partition coefficient (Wildman–Crippen LogP) is 4.23. The third-order valence-corrected chi connectivity index (χ3v) is 3.75. The van der Waals surface area contributed by atoms with Crippen LogP contribution in [-0.4, -0.2) is 31.4 Å². The zero-order valence-corrected chi connectivity index (χ0v) is 15.9. The number of amides is 1. The van der Waals surface area contributed by atoms with E-state index < -0.39 is 36.4 Å². The first-order valence-corrected chi connectivity index (χ1v) is 8.81. The monoisotopic (exact) mass is 436 g/mol. The van der Waals surface area contributed by atoms with Gasteiger partial charge in [0, 0.05) is 18.3 Å². The van der Waals surface area contributed by atoms with Crippen molar-refractivity contribution < 1.29 is 36.6 Å². The van der Waals surface area contributed by atoms with Gasteiger partial charge in [0.15, 0.2) is 6.61 Å². The van der Waals surface area contributed by atoms with Gasteiger partial charge in [-0.25, -0.2) is 9.18 Å². The molecule has 0 aromatic heterocycles. The van der Waals surface area contributed by atoms with Crippen LogP contribution in [0.15, 0.2) is 54.6 Å². The van der Waals surface area contributed by atoms with E-state index in [1.165, 1.54) is 35.2 Å². The van der Waals surface area contributed by atoms with Gasteiger partial charge in [-0.1, -0.05) is 12.1 Å². The molecule has 0 fully saturated rings. The second kappa shape index (κ2) is 10.8. The van der Waals surface area contributed by atoms with E-state index in [9.17, 15) is 27.2 Å². The number of benzene rings is 2. The first-order valence-electron chi connectivity index (χ1n) is 8.81. The molecule has 1 amide bonds. The van der Waals surface area contributed by atoms with Crippen LogP contribution >= 0.6 is 0 Å². The third-order valence-electron chi connectivity index (χ3n) is 3.75. The number of nitrogens with zero attached hydrogens (tertiary/aromatic N) is 2. The van der Waals surface area contributed by atoms with Crippen molar-refractivity contribution in [3.63, 3.8) is 0 Å². The van der Waals surface area contributed by atoms with E-state index in [0.29, 0.717) is 11.3 Å². The molecule has 0 aliphatic rings. The molecule has 0 spiro atoms. The first-order chi connectivity index (χ1) is 14.7. The standard InChI is InChI=1S/C21H16F4N2O4/c22-16-5-7-17(8-6-16)27(13-1-12-26)19(28)14-30-20(29)11-4-15-2-9-18(10-3-15)31-21(23,24)25/h2-11H,1,13-14H2/b11-4+. The lowest BCUT2D eigenvalue weighted by atomic mass is 10.2. The van der Waals surface area contributed by atoms with Crippen LogP contribution in [0.4, 0.5) is 23.2 Å². The quantitative estimate of drug-likeness (QED) is 0.352. The van der Waals surface area contributed by atoms with Crippen LogP contribution in [0.5, 0.6) is 5.75 Å². The number of ether oxygens (including phenoxy) is 2. The van der Waals surface area contributed by atoms with E-state index in [1.54, 1.807) is 0 Å². The van der Waals surface area contributed by atoms with Crippen LogP contribution < -0.4 is 9.64 Å². The molecule has 2 aromatic carbocycles. The van der Waals surface area contributed by atoms with E-state index in [4.69, 9.17) is 10.00 Å². The SMILES string of the molecule is N#CCCN(C(=O)COC(=O)/C=C/c1ccc(OC(F)(F)F)cc1)c1ccc(F)cc1. The Balaban J connectivity index is 1.93. The van der Waals surface area contributed by atoms with Crippen molar-refractivity contribution in [3.8, 4) is 11.8 Å². The van der Waals surface area contributed by atoms with E-state index in [-0.39, 0.29) is 13.0 Å². The van der Waals surface area contributed by atoms with Crippen molar-refractivity contribution in [2.45, 2.75) is 12.8 Å². The number of hydrogen-bond acceptors (Lipinski definition) is 5. The number of hydrogen-bond donors (Lipinski definition) is 0. The van der Waals surface area contributed by atoms with E-state index in [2.05, 4.69) is 4.74 Å². The summed E-state index contributed by atoms with van der Waals surface area (Å²) < 4.78 is 58.1. The molecule has 10 heteroatoms. The molecule has 31 heavy (non-hydrogen) atoms. The molecular formula is C21H16F4N2O4. The van der Waals surface area contributed by atoms with Gasteiger partial charge in [-0.3, -0.25) is 4.79 Å². The summed E-state index contributed by atoms with van der Waals surface area (Å²) in [4.78, 5) is 25.4. The summed E-state index contributed by atoms with van der Waals surface area (Å²) in [6, 6.07) is 11.7. The average molecular weight is 436 g/mol. The zero-order valence-electron chi connectivity index (χ0n) is 15.9. The molecule has 0 aliphatic heterocycles. The highest BCUT2D eigenvalue weighted by atomic mass is 19.4. The highest BCUT2D eigenvalue weighted by Gasteiger charge is 2.30. The normalized spacial score (nSPS) is 11.1. The predicted molar refractivity (Wildman–Crippen MR) is 102 cm³/mol. The minimum absolute atomic E-state index is 0.0189. The van der Waals surface area contributed by atoms with Crippen LogP contribution in [0.2, 0.25) is 0 Å². The maximum atomic E-state index is 13.1. The Morgan fingerprint density at radius 2 is 1.71 bits per heavy atom. The van der Waals surface area contributed by atoms with Gasteiger partial charge in [0.1, 0.15) is 11.6 Å². The van der Waals surface area contributed by atoms with E-state index >= 15 is 0 Å². The summed E-state index contributed by atoms with van der Waals surface area (Å²) in [6.45, 7) is -0.592. The minimum Gasteiger partial charge on any atom is -0.452 e. The van der Waals surface area contributed by atoms with Gasteiger partial charge in [0.2, 0.25) is 0 Å². The number of anilines is 1. The van der Waals surface area contributed by atoms with Crippen molar-refractivity contribution in [3.05, 3.63) is 66.0 Å². The molecule has 0 unspecified atom stereocenters. The lowest BCUT2D eigenvalue weighted by molar-refractivity contribution is -0.274. The number of esters is 1. The van der Waals surface area contributed by atoms with Crippen LogP contribution in [0, 0.1) is 17.1 Å². The van der Waals surface area contributed by atoms with Gasteiger partial charge in [-0.15, -0.1) is 13.2 Å². The molecule has 2 aromatic rings. The second-order valence-corrected chi connectivity index (χ2v) is 5.99. The maximum absolute atomic E-state index is 13.1. The lowest BCUT2D eigenvalue weighted by Gasteiger charge is -2.21. The summed E-state index contributed by atoms with van der Waals surface area (Å²) >= 11 is 0. The molecular weight excluding hydrogens is 420 g/mol. The Kier molecular flexibility index (Phi) is 8.14. The Hall–Kier alpha value is -3.87. The Labute approximate surface area is 174 Å². The van der Waals surface area contributed by atoms with Crippen molar-refractivity contribution in [2.24, 2.45) is 0 Å². The lowest BCUT2D eigenvalue weighted by Crippen LogP contribution is -2.35. The van der Waals surface area contributed by atoms with Gasteiger partial charge in [-0.05, 0) is 48.0 Å². The van der Waals surface area contributed by atoms with Crippen LogP contribution in [0.25, 0.3) is 6.08 Å². The topological polar surface area (TPSA) is 79.6 Å². The smallest absolute Gasteiger partial charge is 0.452 e. The Morgan fingerprint density at radius 1 is 1.06 bits per heavy atom. The highest BCUT2D eigenvalue weighted by molar-refractivity contribution is 5.96. The number of nitriles is 1. The molecule has 0 heterocycles. The van der Waals surface area contributed by atoms with Crippen molar-refractivity contribution in [1.29, 1.82) is 5.26 Å². The summed E-state index contributed by atoms with van der Waals surface area (Å²) in [5.41, 5.74) is 0.745. The summed E-state index contributed by atoms with van der Waals surface area (Å²) in [5.74, 6) is -2.37. The number of alkyl halides is 3. The number of carbonyl (C=O) groups is 2.